The quantitative estimate of drug-likeness (QED) is 0.814. The molecule has 0 saturated carbocycles. The van der Waals surface area contributed by atoms with Gasteiger partial charge in [-0.05, 0) is 24.6 Å². The van der Waals surface area contributed by atoms with Crippen molar-refractivity contribution < 1.29 is 14.4 Å². The molecule has 0 bridgehead atoms. The molecule has 1 heterocycles. The first kappa shape index (κ1) is 14.2. The van der Waals surface area contributed by atoms with Crippen LogP contribution >= 0.6 is 0 Å². The summed E-state index contributed by atoms with van der Waals surface area (Å²) in [7, 11) is 0. The van der Waals surface area contributed by atoms with Crippen LogP contribution < -0.4 is 0 Å². The van der Waals surface area contributed by atoms with Crippen molar-refractivity contribution >= 4 is 17.6 Å². The summed E-state index contributed by atoms with van der Waals surface area (Å²) in [5.41, 5.74) is 1.58. The van der Waals surface area contributed by atoms with Crippen LogP contribution in [0.4, 0.5) is 0 Å². The number of ketones is 1. The monoisotopic (exact) mass is 293 g/mol. The molecule has 22 heavy (non-hydrogen) atoms. The van der Waals surface area contributed by atoms with Gasteiger partial charge in [0.2, 0.25) is 0 Å². The minimum absolute atomic E-state index is 0.0644. The average molecular weight is 293 g/mol. The van der Waals surface area contributed by atoms with Gasteiger partial charge in [0.05, 0.1) is 17.2 Å². The molecular formula is C18H15NO3. The average Bonchev–Trinajstić information content (AvgIpc) is 2.78. The molecule has 2 amide bonds. The van der Waals surface area contributed by atoms with E-state index < -0.39 is 6.04 Å². The Balaban J connectivity index is 2.05. The van der Waals surface area contributed by atoms with Gasteiger partial charge in [-0.2, -0.15) is 0 Å². The lowest BCUT2D eigenvalue weighted by Crippen LogP contribution is -2.35. The molecule has 0 aromatic heterocycles. The van der Waals surface area contributed by atoms with Crippen molar-refractivity contribution in [3.63, 3.8) is 0 Å². The number of rotatable bonds is 4. The molecule has 3 rings (SSSR count). The number of hydrogen-bond acceptors (Lipinski definition) is 3. The molecule has 1 aliphatic heterocycles. The summed E-state index contributed by atoms with van der Waals surface area (Å²) in [5, 5.41) is 0. The van der Waals surface area contributed by atoms with Gasteiger partial charge in [-0.25, -0.2) is 0 Å². The number of imide groups is 1. The van der Waals surface area contributed by atoms with E-state index in [0.717, 1.165) is 5.56 Å². The molecule has 1 aliphatic rings. The number of carbonyl (C=O) groups is 3. The number of amides is 2. The van der Waals surface area contributed by atoms with Crippen LogP contribution in [-0.2, 0) is 4.79 Å². The first-order chi connectivity index (χ1) is 10.6. The lowest BCUT2D eigenvalue weighted by Gasteiger charge is -2.25. The first-order valence-electron chi connectivity index (χ1n) is 7.11. The van der Waals surface area contributed by atoms with Crippen molar-refractivity contribution in [2.45, 2.75) is 19.4 Å². The minimum Gasteiger partial charge on any atom is -0.300 e. The van der Waals surface area contributed by atoms with E-state index in [9.17, 15) is 14.4 Å². The zero-order valence-corrected chi connectivity index (χ0v) is 12.2. The van der Waals surface area contributed by atoms with E-state index in [1.54, 1.807) is 24.3 Å². The molecular weight excluding hydrogens is 278 g/mol. The molecule has 0 saturated heterocycles. The summed E-state index contributed by atoms with van der Waals surface area (Å²) in [6, 6.07) is 15.4. The zero-order chi connectivity index (χ0) is 15.7. The lowest BCUT2D eigenvalue weighted by atomic mass is 10.00. The topological polar surface area (TPSA) is 54.5 Å². The molecule has 0 N–H and O–H groups in total. The second kappa shape index (κ2) is 5.56. The van der Waals surface area contributed by atoms with E-state index in [-0.39, 0.29) is 24.0 Å². The number of fused-ring (bicyclic) bond motifs is 1. The number of Topliss-reactive ketones (excluding diaryl/α,β-unsaturated/α-hetero) is 1. The van der Waals surface area contributed by atoms with Crippen LogP contribution in [0.25, 0.3) is 0 Å². The van der Waals surface area contributed by atoms with Gasteiger partial charge in [0.15, 0.2) is 0 Å². The summed E-state index contributed by atoms with van der Waals surface area (Å²) >= 11 is 0. The van der Waals surface area contributed by atoms with Gasteiger partial charge in [-0.3, -0.25) is 19.3 Å². The van der Waals surface area contributed by atoms with Crippen molar-refractivity contribution in [2.75, 3.05) is 0 Å². The molecule has 0 aliphatic carbocycles. The van der Waals surface area contributed by atoms with Gasteiger partial charge in [-0.1, -0.05) is 42.5 Å². The Morgan fingerprint density at radius 1 is 0.909 bits per heavy atom. The van der Waals surface area contributed by atoms with Gasteiger partial charge in [0, 0.05) is 6.42 Å². The van der Waals surface area contributed by atoms with Crippen molar-refractivity contribution in [3.8, 4) is 0 Å². The third-order valence-corrected chi connectivity index (χ3v) is 3.80. The Morgan fingerprint density at radius 2 is 1.41 bits per heavy atom. The third kappa shape index (κ3) is 2.33. The Kier molecular flexibility index (Phi) is 3.59. The van der Waals surface area contributed by atoms with Crippen LogP contribution in [0.2, 0.25) is 0 Å². The maximum absolute atomic E-state index is 12.6. The highest BCUT2D eigenvalue weighted by atomic mass is 16.2. The predicted octanol–water partition coefficient (Wildman–Crippen LogP) is 3.00. The highest BCUT2D eigenvalue weighted by Crippen LogP contribution is 2.33. The van der Waals surface area contributed by atoms with Crippen molar-refractivity contribution in [3.05, 3.63) is 71.3 Å². The van der Waals surface area contributed by atoms with E-state index in [1.807, 2.05) is 30.3 Å². The van der Waals surface area contributed by atoms with Crippen LogP contribution in [0, 0.1) is 0 Å². The summed E-state index contributed by atoms with van der Waals surface area (Å²) in [5.74, 6) is -0.739. The largest absolute Gasteiger partial charge is 0.300 e. The fourth-order valence-electron chi connectivity index (χ4n) is 2.80. The number of carbonyl (C=O) groups excluding carboxylic acids is 3. The van der Waals surface area contributed by atoms with Crippen molar-refractivity contribution in [1.82, 2.24) is 4.90 Å². The fourth-order valence-corrected chi connectivity index (χ4v) is 2.80. The molecule has 0 radical (unpaired) electrons. The van der Waals surface area contributed by atoms with E-state index in [2.05, 4.69) is 0 Å². The Labute approximate surface area is 128 Å². The predicted molar refractivity (Wildman–Crippen MR) is 81.4 cm³/mol. The van der Waals surface area contributed by atoms with E-state index in [1.165, 1.54) is 11.8 Å². The molecule has 4 heteroatoms. The molecule has 0 fully saturated rings. The zero-order valence-electron chi connectivity index (χ0n) is 12.2. The van der Waals surface area contributed by atoms with E-state index in [0.29, 0.717) is 11.1 Å². The van der Waals surface area contributed by atoms with E-state index >= 15 is 0 Å². The van der Waals surface area contributed by atoms with Gasteiger partial charge in [0.25, 0.3) is 11.8 Å². The highest BCUT2D eigenvalue weighted by molar-refractivity contribution is 6.21. The van der Waals surface area contributed by atoms with Crippen LogP contribution in [-0.4, -0.2) is 22.5 Å². The minimum atomic E-state index is -0.564. The van der Waals surface area contributed by atoms with Gasteiger partial charge in [-0.15, -0.1) is 0 Å². The molecule has 1 atom stereocenters. The van der Waals surface area contributed by atoms with Gasteiger partial charge in [0.1, 0.15) is 5.78 Å². The Bertz CT molecular complexity index is 717. The first-order valence-corrected chi connectivity index (χ1v) is 7.11. The summed E-state index contributed by atoms with van der Waals surface area (Å²) < 4.78 is 0. The van der Waals surface area contributed by atoms with Crippen LogP contribution in [0.5, 0.6) is 0 Å². The number of nitrogens with zero attached hydrogens (tertiary/aromatic N) is 1. The standard InChI is InChI=1S/C18H15NO3/c1-12(20)11-16(13-7-3-2-4-8-13)19-17(21)14-9-5-6-10-15(14)18(19)22/h2-10,16H,11H2,1H3. The molecule has 0 spiro atoms. The summed E-state index contributed by atoms with van der Waals surface area (Å²) in [6.07, 6.45) is 0.121. The van der Waals surface area contributed by atoms with Crippen molar-refractivity contribution in [2.24, 2.45) is 0 Å². The lowest BCUT2D eigenvalue weighted by molar-refractivity contribution is -0.117. The number of benzene rings is 2. The third-order valence-electron chi connectivity index (χ3n) is 3.80. The van der Waals surface area contributed by atoms with E-state index in [4.69, 9.17) is 0 Å². The Morgan fingerprint density at radius 3 is 1.91 bits per heavy atom. The Hall–Kier alpha value is -2.75. The summed E-state index contributed by atoms with van der Waals surface area (Å²) in [4.78, 5) is 38.0. The molecule has 110 valence electrons. The fraction of sp³-hybridized carbons (Fsp3) is 0.167. The molecule has 4 nitrogen and oxygen atoms in total. The maximum Gasteiger partial charge on any atom is 0.262 e. The van der Waals surface area contributed by atoms with Crippen molar-refractivity contribution in [1.29, 1.82) is 0 Å². The SMILES string of the molecule is CC(=O)CC(c1ccccc1)N1C(=O)c2ccccc2C1=O. The van der Waals surface area contributed by atoms with Crippen LogP contribution in [0.3, 0.4) is 0 Å². The normalized spacial score (nSPS) is 14.9. The second-order valence-electron chi connectivity index (χ2n) is 5.36. The molecule has 2 aromatic carbocycles. The van der Waals surface area contributed by atoms with Gasteiger partial charge >= 0.3 is 0 Å². The maximum atomic E-state index is 12.6. The molecule has 1 unspecified atom stereocenters. The molecule has 2 aromatic rings. The van der Waals surface area contributed by atoms with Gasteiger partial charge < -0.3 is 0 Å². The summed E-state index contributed by atoms with van der Waals surface area (Å²) in [6.45, 7) is 1.47. The second-order valence-corrected chi connectivity index (χ2v) is 5.36. The smallest absolute Gasteiger partial charge is 0.262 e. The van der Waals surface area contributed by atoms with Crippen LogP contribution in [0.1, 0.15) is 45.7 Å². The van der Waals surface area contributed by atoms with Crippen LogP contribution in [0.15, 0.2) is 54.6 Å². The number of hydrogen-bond donors (Lipinski definition) is 0. The highest BCUT2D eigenvalue weighted by Gasteiger charge is 2.40.